The van der Waals surface area contributed by atoms with E-state index < -0.39 is 5.60 Å². The predicted molar refractivity (Wildman–Crippen MR) is 147 cm³/mol. The molecule has 2 aliphatic carbocycles. The van der Waals surface area contributed by atoms with Gasteiger partial charge in [0, 0.05) is 31.1 Å². The molecule has 1 aromatic rings. The summed E-state index contributed by atoms with van der Waals surface area (Å²) >= 11 is 0. The first-order valence-corrected chi connectivity index (χ1v) is 13.0. The number of allylic oxidation sites excluding steroid dienone is 4. The summed E-state index contributed by atoms with van der Waals surface area (Å²) in [6.07, 6.45) is 5.76. The Kier molecular flexibility index (Phi) is 7.89. The van der Waals surface area contributed by atoms with E-state index in [1.807, 2.05) is 6.92 Å². The topological polar surface area (TPSA) is 23.5 Å². The highest BCUT2D eigenvalue weighted by Crippen LogP contribution is 2.65. The van der Waals surface area contributed by atoms with Crippen LogP contribution in [0, 0.1) is 29.1 Å². The molecular formula is C32H45NO. The highest BCUT2D eigenvalue weighted by molar-refractivity contribution is 5.50. The number of nitrogens with zero attached hydrogens (tertiary/aromatic N) is 1. The SMILES string of the molecule is C=C(C)CC/C(C(=C)C)=C1\C(c2ccc(N(C)C)cc2)CC2(C)C(CCC2(O)C#CC)C1CC. The Balaban J connectivity index is 2.24. The van der Waals surface area contributed by atoms with E-state index in [-0.39, 0.29) is 11.3 Å². The van der Waals surface area contributed by atoms with Crippen LogP contribution in [0.3, 0.4) is 0 Å². The largest absolute Gasteiger partial charge is 0.378 e. The standard InChI is InChI=1S/C32H45NO/c1-10-19-32(34)20-18-29-26(11-2)30(27(23(5)6)17-12-22(3)4)28(21-31(29,32)7)24-13-15-25(16-14-24)33(8)9/h13-16,26,28-29,34H,3,5,11-12,17-18,20-21H2,1-2,4,6-9H3/b30-27+. The van der Waals surface area contributed by atoms with Crippen molar-refractivity contribution in [2.45, 2.75) is 84.7 Å². The van der Waals surface area contributed by atoms with E-state index >= 15 is 0 Å². The van der Waals surface area contributed by atoms with E-state index in [0.717, 1.165) is 38.5 Å². The second kappa shape index (κ2) is 10.2. The third kappa shape index (κ3) is 4.65. The van der Waals surface area contributed by atoms with Crippen molar-refractivity contribution in [3.8, 4) is 11.8 Å². The molecule has 0 spiro atoms. The Morgan fingerprint density at radius 3 is 2.29 bits per heavy atom. The minimum absolute atomic E-state index is 0.236. The summed E-state index contributed by atoms with van der Waals surface area (Å²) in [4.78, 5) is 2.15. The van der Waals surface area contributed by atoms with Gasteiger partial charge >= 0.3 is 0 Å². The van der Waals surface area contributed by atoms with Gasteiger partial charge in [-0.2, -0.15) is 0 Å². The number of hydrogen-bond donors (Lipinski definition) is 1. The molecule has 0 aliphatic heterocycles. The third-order valence-electron chi connectivity index (χ3n) is 8.72. The van der Waals surface area contributed by atoms with Gasteiger partial charge in [0.25, 0.3) is 0 Å². The average molecular weight is 460 g/mol. The zero-order valence-electron chi connectivity index (χ0n) is 22.6. The lowest BCUT2D eigenvalue weighted by molar-refractivity contribution is -0.0502. The summed E-state index contributed by atoms with van der Waals surface area (Å²) in [5.41, 5.74) is 6.77. The molecule has 0 radical (unpaired) electrons. The Morgan fingerprint density at radius 2 is 1.79 bits per heavy atom. The maximum absolute atomic E-state index is 11.8. The fraction of sp³-hybridized carbons (Fsp3) is 0.562. The first kappa shape index (κ1) is 26.4. The van der Waals surface area contributed by atoms with Crippen LogP contribution in [0.2, 0.25) is 0 Å². The molecule has 2 fully saturated rings. The molecule has 5 atom stereocenters. The molecular weight excluding hydrogens is 414 g/mol. The molecule has 0 heterocycles. The van der Waals surface area contributed by atoms with Crippen LogP contribution in [0.4, 0.5) is 5.69 Å². The van der Waals surface area contributed by atoms with Crippen molar-refractivity contribution in [1.29, 1.82) is 0 Å². The van der Waals surface area contributed by atoms with Gasteiger partial charge in [0.2, 0.25) is 0 Å². The van der Waals surface area contributed by atoms with Crippen molar-refractivity contribution in [3.05, 3.63) is 65.3 Å². The van der Waals surface area contributed by atoms with Crippen molar-refractivity contribution in [2.75, 3.05) is 19.0 Å². The van der Waals surface area contributed by atoms with Crippen LogP contribution in [0.5, 0.6) is 0 Å². The van der Waals surface area contributed by atoms with Gasteiger partial charge in [-0.15, -0.1) is 12.5 Å². The van der Waals surface area contributed by atoms with Gasteiger partial charge in [-0.1, -0.05) is 55.2 Å². The van der Waals surface area contributed by atoms with Crippen LogP contribution < -0.4 is 4.90 Å². The van der Waals surface area contributed by atoms with E-state index in [9.17, 15) is 5.11 Å². The van der Waals surface area contributed by atoms with Crippen LogP contribution in [-0.4, -0.2) is 24.8 Å². The second-order valence-electron chi connectivity index (χ2n) is 11.2. The molecule has 0 amide bonds. The lowest BCUT2D eigenvalue weighted by Gasteiger charge is -2.52. The van der Waals surface area contributed by atoms with Gasteiger partial charge in [0.05, 0.1) is 0 Å². The summed E-state index contributed by atoms with van der Waals surface area (Å²) in [5.74, 6) is 7.42. The zero-order chi connectivity index (χ0) is 25.3. The highest BCUT2D eigenvalue weighted by Gasteiger charge is 2.61. The van der Waals surface area contributed by atoms with Crippen molar-refractivity contribution < 1.29 is 5.11 Å². The first-order valence-electron chi connectivity index (χ1n) is 13.0. The van der Waals surface area contributed by atoms with Gasteiger partial charge in [0.1, 0.15) is 5.60 Å². The minimum Gasteiger partial charge on any atom is -0.378 e. The molecule has 0 aromatic heterocycles. The Hall–Kier alpha value is -2.24. The molecule has 2 heteroatoms. The van der Waals surface area contributed by atoms with Gasteiger partial charge < -0.3 is 10.0 Å². The third-order valence-corrected chi connectivity index (χ3v) is 8.72. The Morgan fingerprint density at radius 1 is 1.15 bits per heavy atom. The van der Waals surface area contributed by atoms with Crippen LogP contribution in [0.1, 0.15) is 84.6 Å². The lowest BCUT2D eigenvalue weighted by Crippen LogP contribution is -2.50. The number of rotatable bonds is 7. The maximum atomic E-state index is 11.8. The predicted octanol–water partition coefficient (Wildman–Crippen LogP) is 7.67. The smallest absolute Gasteiger partial charge is 0.131 e. The number of fused-ring (bicyclic) bond motifs is 1. The summed E-state index contributed by atoms with van der Waals surface area (Å²) < 4.78 is 0. The molecule has 2 aliphatic rings. The molecule has 1 N–H and O–H groups in total. The number of benzene rings is 1. The monoisotopic (exact) mass is 459 g/mol. The summed E-state index contributed by atoms with van der Waals surface area (Å²) in [6, 6.07) is 9.04. The highest BCUT2D eigenvalue weighted by atomic mass is 16.3. The molecule has 5 unspecified atom stereocenters. The van der Waals surface area contributed by atoms with E-state index in [1.165, 1.54) is 28.0 Å². The molecule has 3 rings (SSSR count). The van der Waals surface area contributed by atoms with Crippen LogP contribution in [-0.2, 0) is 0 Å². The van der Waals surface area contributed by atoms with Gasteiger partial charge in [-0.3, -0.25) is 0 Å². The normalized spacial score (nSPS) is 31.8. The lowest BCUT2D eigenvalue weighted by atomic mass is 9.53. The van der Waals surface area contributed by atoms with E-state index in [0.29, 0.717) is 11.8 Å². The molecule has 2 nitrogen and oxygen atoms in total. The second-order valence-corrected chi connectivity index (χ2v) is 11.2. The number of hydrogen-bond acceptors (Lipinski definition) is 2. The molecule has 184 valence electrons. The zero-order valence-corrected chi connectivity index (χ0v) is 22.6. The van der Waals surface area contributed by atoms with Crippen LogP contribution in [0.15, 0.2) is 59.7 Å². The van der Waals surface area contributed by atoms with E-state index in [1.54, 1.807) is 5.57 Å². The van der Waals surface area contributed by atoms with E-state index in [4.69, 9.17) is 0 Å². The van der Waals surface area contributed by atoms with Crippen molar-refractivity contribution in [1.82, 2.24) is 0 Å². The summed E-state index contributed by atoms with van der Waals surface area (Å²) in [7, 11) is 4.16. The van der Waals surface area contributed by atoms with Crippen LogP contribution in [0.25, 0.3) is 0 Å². The fourth-order valence-electron chi connectivity index (χ4n) is 6.85. The molecule has 1 aromatic carbocycles. The van der Waals surface area contributed by atoms with Gasteiger partial charge in [-0.05, 0) is 94.4 Å². The number of aliphatic hydroxyl groups is 1. The van der Waals surface area contributed by atoms with Crippen molar-refractivity contribution in [2.24, 2.45) is 17.3 Å². The van der Waals surface area contributed by atoms with Gasteiger partial charge in [0.15, 0.2) is 0 Å². The summed E-state index contributed by atoms with van der Waals surface area (Å²) in [6.45, 7) is 19.4. The minimum atomic E-state index is -0.922. The van der Waals surface area contributed by atoms with Crippen molar-refractivity contribution in [3.63, 3.8) is 0 Å². The summed E-state index contributed by atoms with van der Waals surface area (Å²) in [5, 5.41) is 11.8. The molecule has 0 saturated heterocycles. The fourth-order valence-corrected chi connectivity index (χ4v) is 6.85. The average Bonchev–Trinajstić information content (AvgIpc) is 3.03. The Labute approximate surface area is 208 Å². The Bertz CT molecular complexity index is 1020. The molecule has 2 saturated carbocycles. The molecule has 34 heavy (non-hydrogen) atoms. The quantitative estimate of drug-likeness (QED) is 0.334. The van der Waals surface area contributed by atoms with Crippen LogP contribution >= 0.6 is 0 Å². The van der Waals surface area contributed by atoms with Gasteiger partial charge in [-0.25, -0.2) is 0 Å². The van der Waals surface area contributed by atoms with E-state index in [2.05, 4.69) is 96.0 Å². The number of anilines is 1. The first-order chi connectivity index (χ1) is 16.0. The molecule has 0 bridgehead atoms. The van der Waals surface area contributed by atoms with Crippen molar-refractivity contribution >= 4 is 5.69 Å². The maximum Gasteiger partial charge on any atom is 0.131 e.